The van der Waals surface area contributed by atoms with Gasteiger partial charge in [0.2, 0.25) is 0 Å². The van der Waals surface area contributed by atoms with Crippen molar-refractivity contribution < 1.29 is 0 Å². The monoisotopic (exact) mass is 254 g/mol. The second kappa shape index (κ2) is 4.75. The minimum atomic E-state index is 0.411. The van der Waals surface area contributed by atoms with E-state index in [-0.39, 0.29) is 0 Å². The van der Waals surface area contributed by atoms with Crippen LogP contribution in [0.4, 0.5) is 0 Å². The number of nitrogens with zero attached hydrogens (tertiary/aromatic N) is 1. The minimum Gasteiger partial charge on any atom is -0.308 e. The molecule has 98 valence electrons. The summed E-state index contributed by atoms with van der Waals surface area (Å²) in [5.74, 6) is 3.70. The Bertz CT molecular complexity index is 273. The predicted octanol–water partition coefficient (Wildman–Crippen LogP) is 2.34. The molecule has 1 N–H and O–H groups in total. The Balaban J connectivity index is 1.68. The summed E-state index contributed by atoms with van der Waals surface area (Å²) in [5, 5.41) is 3.83. The van der Waals surface area contributed by atoms with Crippen molar-refractivity contribution in [2.45, 2.75) is 57.2 Å². The normalized spacial score (nSPS) is 44.8. The van der Waals surface area contributed by atoms with Crippen LogP contribution in [-0.2, 0) is 0 Å². The number of hydrogen-bond acceptors (Lipinski definition) is 3. The molecule has 0 aromatic rings. The summed E-state index contributed by atoms with van der Waals surface area (Å²) in [6.45, 7) is 7.33. The fourth-order valence-electron chi connectivity index (χ4n) is 3.56. The topological polar surface area (TPSA) is 15.3 Å². The van der Waals surface area contributed by atoms with Crippen LogP contribution in [0.5, 0.6) is 0 Å². The average molecular weight is 254 g/mol. The highest BCUT2D eigenvalue weighted by Crippen LogP contribution is 2.42. The largest absolute Gasteiger partial charge is 0.308 e. The van der Waals surface area contributed by atoms with Crippen molar-refractivity contribution in [3.8, 4) is 0 Å². The molecule has 0 bridgehead atoms. The van der Waals surface area contributed by atoms with E-state index in [0.29, 0.717) is 5.54 Å². The van der Waals surface area contributed by atoms with Crippen molar-refractivity contribution in [3.63, 3.8) is 0 Å². The van der Waals surface area contributed by atoms with Gasteiger partial charge in [-0.1, -0.05) is 0 Å². The third kappa shape index (κ3) is 2.52. The van der Waals surface area contributed by atoms with Gasteiger partial charge in [0.15, 0.2) is 0 Å². The van der Waals surface area contributed by atoms with E-state index in [2.05, 4.69) is 35.8 Å². The molecule has 2 nitrogen and oxygen atoms in total. The molecule has 2 saturated heterocycles. The number of nitrogens with one attached hydrogen (secondary N) is 1. The molecule has 1 aliphatic carbocycles. The maximum absolute atomic E-state index is 3.83. The molecule has 3 heteroatoms. The van der Waals surface area contributed by atoms with Gasteiger partial charge in [-0.3, -0.25) is 4.90 Å². The molecule has 3 fully saturated rings. The maximum atomic E-state index is 3.83. The van der Waals surface area contributed by atoms with Crippen LogP contribution in [0, 0.1) is 5.92 Å². The van der Waals surface area contributed by atoms with Gasteiger partial charge in [0.1, 0.15) is 0 Å². The molecule has 0 amide bonds. The second-order valence-electron chi connectivity index (χ2n) is 6.46. The first-order valence-corrected chi connectivity index (χ1v) is 8.43. The molecule has 0 aromatic heterocycles. The molecule has 2 heterocycles. The van der Waals surface area contributed by atoms with Gasteiger partial charge in [0, 0.05) is 36.5 Å². The van der Waals surface area contributed by atoms with Crippen LogP contribution in [0.15, 0.2) is 0 Å². The first-order chi connectivity index (χ1) is 8.19. The summed E-state index contributed by atoms with van der Waals surface area (Å²) < 4.78 is 0. The lowest BCUT2D eigenvalue weighted by molar-refractivity contribution is 0.0497. The molecule has 3 rings (SSSR count). The van der Waals surface area contributed by atoms with Gasteiger partial charge >= 0.3 is 0 Å². The standard InChI is InChI=1S/C14H26N2S/c1-11-8-15-14(2,12-5-6-12)10-16(11)13-4-3-7-17-9-13/h11-13,15H,3-10H2,1-2H3. The van der Waals surface area contributed by atoms with Gasteiger partial charge in [-0.15, -0.1) is 0 Å². The van der Waals surface area contributed by atoms with Gasteiger partial charge in [0.05, 0.1) is 0 Å². The van der Waals surface area contributed by atoms with Crippen LogP contribution in [0.1, 0.15) is 39.5 Å². The second-order valence-corrected chi connectivity index (χ2v) is 7.61. The van der Waals surface area contributed by atoms with Crippen molar-refractivity contribution in [3.05, 3.63) is 0 Å². The Labute approximate surface area is 110 Å². The Morgan fingerprint density at radius 3 is 2.76 bits per heavy atom. The third-order valence-electron chi connectivity index (χ3n) is 4.96. The van der Waals surface area contributed by atoms with Crippen molar-refractivity contribution in [1.82, 2.24) is 10.2 Å². The average Bonchev–Trinajstić information content (AvgIpc) is 3.18. The summed E-state index contributed by atoms with van der Waals surface area (Å²) in [4.78, 5) is 2.82. The SMILES string of the molecule is CC1CNC(C)(C2CC2)CN1C1CCCSC1. The zero-order valence-corrected chi connectivity index (χ0v) is 12.1. The molecular weight excluding hydrogens is 228 g/mol. The van der Waals surface area contributed by atoms with E-state index in [9.17, 15) is 0 Å². The number of hydrogen-bond donors (Lipinski definition) is 1. The summed E-state index contributed by atoms with van der Waals surface area (Å²) in [6.07, 6.45) is 5.75. The van der Waals surface area contributed by atoms with E-state index in [4.69, 9.17) is 0 Å². The van der Waals surface area contributed by atoms with Crippen LogP contribution >= 0.6 is 11.8 Å². The highest BCUT2D eigenvalue weighted by atomic mass is 32.2. The van der Waals surface area contributed by atoms with Crippen molar-refractivity contribution in [2.24, 2.45) is 5.92 Å². The highest BCUT2D eigenvalue weighted by molar-refractivity contribution is 7.99. The lowest BCUT2D eigenvalue weighted by Crippen LogP contribution is -2.65. The Hall–Kier alpha value is 0.270. The van der Waals surface area contributed by atoms with Gasteiger partial charge in [-0.25, -0.2) is 0 Å². The predicted molar refractivity (Wildman–Crippen MR) is 75.6 cm³/mol. The minimum absolute atomic E-state index is 0.411. The first-order valence-electron chi connectivity index (χ1n) is 7.27. The lowest BCUT2D eigenvalue weighted by Gasteiger charge is -2.49. The van der Waals surface area contributed by atoms with E-state index in [1.165, 1.54) is 50.3 Å². The van der Waals surface area contributed by atoms with Crippen LogP contribution in [-0.4, -0.2) is 47.1 Å². The molecule has 3 unspecified atom stereocenters. The smallest absolute Gasteiger partial charge is 0.0309 e. The highest BCUT2D eigenvalue weighted by Gasteiger charge is 2.46. The molecule has 2 aliphatic heterocycles. The Kier molecular flexibility index (Phi) is 3.44. The quantitative estimate of drug-likeness (QED) is 0.814. The first kappa shape index (κ1) is 12.3. The van der Waals surface area contributed by atoms with E-state index < -0.39 is 0 Å². The van der Waals surface area contributed by atoms with Gasteiger partial charge in [0.25, 0.3) is 0 Å². The molecule has 0 aromatic carbocycles. The van der Waals surface area contributed by atoms with Crippen LogP contribution in [0.3, 0.4) is 0 Å². The molecule has 1 saturated carbocycles. The molecule has 3 aliphatic rings. The number of rotatable bonds is 2. The zero-order valence-electron chi connectivity index (χ0n) is 11.2. The van der Waals surface area contributed by atoms with Gasteiger partial charge in [-0.2, -0.15) is 11.8 Å². The maximum Gasteiger partial charge on any atom is 0.0309 e. The van der Waals surface area contributed by atoms with E-state index >= 15 is 0 Å². The van der Waals surface area contributed by atoms with E-state index in [0.717, 1.165) is 18.0 Å². The molecule has 0 spiro atoms. The van der Waals surface area contributed by atoms with Gasteiger partial charge < -0.3 is 5.32 Å². The molecule has 0 radical (unpaired) electrons. The van der Waals surface area contributed by atoms with Crippen molar-refractivity contribution in [1.29, 1.82) is 0 Å². The van der Waals surface area contributed by atoms with E-state index in [1.54, 1.807) is 0 Å². The third-order valence-corrected chi connectivity index (χ3v) is 6.16. The fourth-order valence-corrected chi connectivity index (χ4v) is 4.72. The Morgan fingerprint density at radius 1 is 1.29 bits per heavy atom. The van der Waals surface area contributed by atoms with Gasteiger partial charge in [-0.05, 0) is 51.2 Å². The summed E-state index contributed by atoms with van der Waals surface area (Å²) in [5.41, 5.74) is 0.411. The zero-order chi connectivity index (χ0) is 11.9. The number of piperazine rings is 1. The van der Waals surface area contributed by atoms with Crippen molar-refractivity contribution in [2.75, 3.05) is 24.6 Å². The lowest BCUT2D eigenvalue weighted by atomic mass is 9.90. The van der Waals surface area contributed by atoms with E-state index in [1.807, 2.05) is 0 Å². The Morgan fingerprint density at radius 2 is 2.12 bits per heavy atom. The van der Waals surface area contributed by atoms with Crippen LogP contribution in [0.2, 0.25) is 0 Å². The van der Waals surface area contributed by atoms with Crippen LogP contribution in [0.25, 0.3) is 0 Å². The molecule has 17 heavy (non-hydrogen) atoms. The van der Waals surface area contributed by atoms with Crippen LogP contribution < -0.4 is 5.32 Å². The fraction of sp³-hybridized carbons (Fsp3) is 1.00. The molecular formula is C14H26N2S. The van der Waals surface area contributed by atoms with Crippen molar-refractivity contribution >= 4 is 11.8 Å². The summed E-state index contributed by atoms with van der Waals surface area (Å²) in [7, 11) is 0. The summed E-state index contributed by atoms with van der Waals surface area (Å²) >= 11 is 2.16. The molecule has 3 atom stereocenters. The number of thioether (sulfide) groups is 1. The summed E-state index contributed by atoms with van der Waals surface area (Å²) in [6, 6.07) is 1.58.